The molecule has 0 unspecified atom stereocenters. The van der Waals surface area contributed by atoms with Crippen LogP contribution in [0.25, 0.3) is 0 Å². The molecular formula is C19H23ClN2O3. The molecule has 0 aromatic heterocycles. The Bertz CT molecular complexity index is 681. The molecule has 1 aromatic rings. The number of likely N-dealkylation sites (tertiary alicyclic amines) is 1. The van der Waals surface area contributed by atoms with Gasteiger partial charge in [-0.2, -0.15) is 0 Å². The van der Waals surface area contributed by atoms with Gasteiger partial charge in [0, 0.05) is 30.1 Å². The Kier molecular flexibility index (Phi) is 4.59. The normalized spacial score (nSPS) is 23.6. The van der Waals surface area contributed by atoms with Crippen molar-refractivity contribution in [2.24, 2.45) is 11.8 Å². The molecule has 2 amide bonds. The Morgan fingerprint density at radius 1 is 1.12 bits per heavy atom. The number of carbonyl (C=O) groups excluding carboxylic acids is 2. The molecule has 0 spiro atoms. The Morgan fingerprint density at radius 2 is 1.88 bits per heavy atom. The van der Waals surface area contributed by atoms with Gasteiger partial charge in [-0.3, -0.25) is 9.59 Å². The van der Waals surface area contributed by atoms with Crippen LogP contribution in [0.5, 0.6) is 5.75 Å². The van der Waals surface area contributed by atoms with E-state index in [0.29, 0.717) is 31.1 Å². The van der Waals surface area contributed by atoms with Gasteiger partial charge >= 0.3 is 0 Å². The molecule has 1 aromatic carbocycles. The van der Waals surface area contributed by atoms with Crippen molar-refractivity contribution in [1.82, 2.24) is 10.2 Å². The SMILES string of the molecule is O=C(NC1CCN(C(=O)[C@@H]2COc3ccc(Cl)cc3C2)CC1)C1CC1. The molecule has 6 heteroatoms. The fourth-order valence-corrected chi connectivity index (χ4v) is 3.88. The van der Waals surface area contributed by atoms with Crippen LogP contribution in [0.4, 0.5) is 0 Å². The smallest absolute Gasteiger partial charge is 0.229 e. The number of benzene rings is 1. The Labute approximate surface area is 152 Å². The van der Waals surface area contributed by atoms with Crippen LogP contribution in [0, 0.1) is 11.8 Å². The maximum atomic E-state index is 12.8. The van der Waals surface area contributed by atoms with E-state index < -0.39 is 0 Å². The fraction of sp³-hybridized carbons (Fsp3) is 0.579. The summed E-state index contributed by atoms with van der Waals surface area (Å²) in [4.78, 5) is 26.6. The van der Waals surface area contributed by atoms with E-state index in [2.05, 4.69) is 5.32 Å². The summed E-state index contributed by atoms with van der Waals surface area (Å²) in [5, 5.41) is 3.79. The van der Waals surface area contributed by atoms with Gasteiger partial charge in [0.1, 0.15) is 12.4 Å². The third-order valence-electron chi connectivity index (χ3n) is 5.38. The zero-order valence-electron chi connectivity index (χ0n) is 14.2. The zero-order valence-corrected chi connectivity index (χ0v) is 14.9. The molecule has 0 bridgehead atoms. The van der Waals surface area contributed by atoms with Crippen molar-refractivity contribution in [3.63, 3.8) is 0 Å². The van der Waals surface area contributed by atoms with E-state index in [0.717, 1.165) is 37.0 Å². The number of ether oxygens (including phenoxy) is 1. The molecule has 2 aliphatic heterocycles. The Morgan fingerprint density at radius 3 is 2.60 bits per heavy atom. The average molecular weight is 363 g/mol. The van der Waals surface area contributed by atoms with Crippen LogP contribution in [-0.4, -0.2) is 42.5 Å². The number of nitrogens with zero attached hydrogens (tertiary/aromatic N) is 1. The summed E-state index contributed by atoms with van der Waals surface area (Å²) in [5.74, 6) is 1.26. The average Bonchev–Trinajstić information content (AvgIpc) is 3.46. The minimum absolute atomic E-state index is 0.149. The van der Waals surface area contributed by atoms with Gasteiger partial charge in [-0.15, -0.1) is 0 Å². The fourth-order valence-electron chi connectivity index (χ4n) is 3.69. The van der Waals surface area contributed by atoms with Gasteiger partial charge in [-0.1, -0.05) is 11.6 Å². The molecule has 134 valence electrons. The first kappa shape index (κ1) is 16.7. The number of carbonyl (C=O) groups is 2. The number of halogens is 1. The van der Waals surface area contributed by atoms with Crippen molar-refractivity contribution in [2.75, 3.05) is 19.7 Å². The summed E-state index contributed by atoms with van der Waals surface area (Å²) in [5.41, 5.74) is 1.00. The highest BCUT2D eigenvalue weighted by Crippen LogP contribution is 2.31. The highest BCUT2D eigenvalue weighted by Gasteiger charge is 2.34. The molecule has 2 heterocycles. The van der Waals surface area contributed by atoms with Gasteiger partial charge in [-0.25, -0.2) is 0 Å². The lowest BCUT2D eigenvalue weighted by Crippen LogP contribution is -2.49. The highest BCUT2D eigenvalue weighted by atomic mass is 35.5. The van der Waals surface area contributed by atoms with E-state index in [9.17, 15) is 9.59 Å². The molecule has 1 atom stereocenters. The number of piperidine rings is 1. The molecule has 4 rings (SSSR count). The van der Waals surface area contributed by atoms with E-state index in [1.807, 2.05) is 23.1 Å². The number of rotatable bonds is 3. The number of hydrogen-bond donors (Lipinski definition) is 1. The summed E-state index contributed by atoms with van der Waals surface area (Å²) in [6.45, 7) is 1.83. The zero-order chi connectivity index (χ0) is 17.4. The van der Waals surface area contributed by atoms with Crippen LogP contribution in [-0.2, 0) is 16.0 Å². The maximum absolute atomic E-state index is 12.8. The summed E-state index contributed by atoms with van der Waals surface area (Å²) >= 11 is 6.05. The first-order valence-electron chi connectivity index (χ1n) is 9.10. The van der Waals surface area contributed by atoms with Gasteiger partial charge in [0.2, 0.25) is 11.8 Å². The van der Waals surface area contributed by atoms with E-state index in [1.54, 1.807) is 0 Å². The van der Waals surface area contributed by atoms with Crippen LogP contribution < -0.4 is 10.1 Å². The first-order chi connectivity index (χ1) is 12.1. The Hall–Kier alpha value is -1.75. The van der Waals surface area contributed by atoms with Crippen molar-refractivity contribution in [2.45, 2.75) is 38.1 Å². The summed E-state index contributed by atoms with van der Waals surface area (Å²) in [6.07, 6.45) is 4.39. The van der Waals surface area contributed by atoms with Gasteiger partial charge < -0.3 is 15.0 Å². The largest absolute Gasteiger partial charge is 0.492 e. The molecule has 5 nitrogen and oxygen atoms in total. The third-order valence-corrected chi connectivity index (χ3v) is 5.61. The van der Waals surface area contributed by atoms with E-state index >= 15 is 0 Å². The molecule has 1 aliphatic carbocycles. The number of amides is 2. The van der Waals surface area contributed by atoms with Crippen LogP contribution in [0.1, 0.15) is 31.2 Å². The second-order valence-corrected chi connectivity index (χ2v) is 7.78. The van der Waals surface area contributed by atoms with Crippen LogP contribution in [0.2, 0.25) is 5.02 Å². The minimum Gasteiger partial charge on any atom is -0.492 e. The quantitative estimate of drug-likeness (QED) is 0.898. The summed E-state index contributed by atoms with van der Waals surface area (Å²) in [7, 11) is 0. The van der Waals surface area contributed by atoms with Gasteiger partial charge in [-0.05, 0) is 55.9 Å². The first-order valence-corrected chi connectivity index (χ1v) is 9.48. The molecule has 1 saturated carbocycles. The molecule has 1 N–H and O–H groups in total. The van der Waals surface area contributed by atoms with Crippen LogP contribution >= 0.6 is 11.6 Å². The predicted octanol–water partition coefficient (Wildman–Crippen LogP) is 2.41. The summed E-state index contributed by atoms with van der Waals surface area (Å²) < 4.78 is 5.75. The van der Waals surface area contributed by atoms with Crippen molar-refractivity contribution in [3.05, 3.63) is 28.8 Å². The lowest BCUT2D eigenvalue weighted by Gasteiger charge is -2.35. The number of nitrogens with one attached hydrogen (secondary N) is 1. The monoisotopic (exact) mass is 362 g/mol. The van der Waals surface area contributed by atoms with Crippen molar-refractivity contribution >= 4 is 23.4 Å². The van der Waals surface area contributed by atoms with E-state index in [4.69, 9.17) is 16.3 Å². The van der Waals surface area contributed by atoms with Crippen LogP contribution in [0.3, 0.4) is 0 Å². The third kappa shape index (κ3) is 3.76. The predicted molar refractivity (Wildman–Crippen MR) is 94.6 cm³/mol. The van der Waals surface area contributed by atoms with Crippen LogP contribution in [0.15, 0.2) is 18.2 Å². The molecule has 0 radical (unpaired) electrons. The minimum atomic E-state index is -0.149. The lowest BCUT2D eigenvalue weighted by atomic mass is 9.94. The highest BCUT2D eigenvalue weighted by molar-refractivity contribution is 6.30. The number of hydrogen-bond acceptors (Lipinski definition) is 3. The van der Waals surface area contributed by atoms with Gasteiger partial charge in [0.15, 0.2) is 0 Å². The summed E-state index contributed by atoms with van der Waals surface area (Å²) in [6, 6.07) is 5.77. The Balaban J connectivity index is 1.31. The standard InChI is InChI=1S/C19H23ClN2O3/c20-15-3-4-17-13(10-15)9-14(11-25-17)19(24)22-7-5-16(6-8-22)21-18(23)12-1-2-12/h3-4,10,12,14,16H,1-2,5-9,11H2,(H,21,23)/t14-/m0/s1. The van der Waals surface area contributed by atoms with Crippen molar-refractivity contribution in [3.8, 4) is 5.75 Å². The second-order valence-electron chi connectivity index (χ2n) is 7.35. The molecular weight excluding hydrogens is 340 g/mol. The maximum Gasteiger partial charge on any atom is 0.229 e. The van der Waals surface area contributed by atoms with E-state index in [-0.39, 0.29) is 29.7 Å². The number of fused-ring (bicyclic) bond motifs is 1. The topological polar surface area (TPSA) is 58.6 Å². The molecule has 1 saturated heterocycles. The molecule has 2 fully saturated rings. The van der Waals surface area contributed by atoms with Gasteiger partial charge in [0.05, 0.1) is 5.92 Å². The second kappa shape index (κ2) is 6.87. The van der Waals surface area contributed by atoms with E-state index in [1.165, 1.54) is 0 Å². The van der Waals surface area contributed by atoms with Crippen molar-refractivity contribution < 1.29 is 14.3 Å². The van der Waals surface area contributed by atoms with Crippen molar-refractivity contribution in [1.29, 1.82) is 0 Å². The lowest BCUT2D eigenvalue weighted by molar-refractivity contribution is -0.138. The molecule has 3 aliphatic rings. The molecule has 25 heavy (non-hydrogen) atoms. The van der Waals surface area contributed by atoms with Gasteiger partial charge in [0.25, 0.3) is 0 Å².